The molecule has 354 valence electrons. The molecule has 0 nitrogen and oxygen atoms in total. The molecule has 0 aliphatic carbocycles. The van der Waals surface area contributed by atoms with E-state index in [1.54, 1.807) is 74.2 Å². The summed E-state index contributed by atoms with van der Waals surface area (Å²) in [6.45, 7) is 28.5. The fourth-order valence-corrected chi connectivity index (χ4v) is 23.4. The maximum absolute atomic E-state index is 2.62. The molecule has 0 spiro atoms. The van der Waals surface area contributed by atoms with Gasteiger partial charge in [-0.1, -0.05) is 205 Å². The smallest absolute Gasteiger partial charge is 0.0594 e. The molecule has 0 saturated heterocycles. The minimum Gasteiger partial charge on any atom is -0.0654 e. The van der Waals surface area contributed by atoms with Gasteiger partial charge in [-0.25, -0.2) is 0 Å². The van der Waals surface area contributed by atoms with Crippen molar-refractivity contribution in [2.75, 3.05) is 74.4 Å². The fourth-order valence-electron chi connectivity index (χ4n) is 9.04. The van der Waals surface area contributed by atoms with Crippen LogP contribution in [0.2, 0.25) is 0 Å². The second-order valence-electron chi connectivity index (χ2n) is 19.7. The van der Waals surface area contributed by atoms with Gasteiger partial charge >= 0.3 is 0 Å². The van der Waals surface area contributed by atoms with Crippen LogP contribution < -0.4 is 0 Å². The molecule has 3 heteroatoms. The molecule has 0 radical (unpaired) electrons. The number of unbranched alkanes of at least 4 members (excludes halogenated alkanes) is 21. The highest BCUT2D eigenvalue weighted by Gasteiger charge is 2.35. The minimum atomic E-state index is -0.626. The summed E-state index contributed by atoms with van der Waals surface area (Å²) in [5.41, 5.74) is 0. The zero-order valence-electron chi connectivity index (χ0n) is 43.7. The lowest BCUT2D eigenvalue weighted by molar-refractivity contribution is 0.548. The van der Waals surface area contributed by atoms with Crippen LogP contribution in [-0.4, -0.2) is 74.4 Å². The van der Waals surface area contributed by atoms with E-state index >= 15 is 0 Å². The SMILES string of the molecule is CCCCCCCCCCCCCC[P+](CCCC)(CCCC)CCCC.CCCC[P+](C)(CCCC)CCCC.CCCC[P+](CCCC)(CCCC)CCCC. The molecular formula is C55H122P3+3. The van der Waals surface area contributed by atoms with Crippen molar-refractivity contribution in [2.45, 2.75) is 282 Å². The first kappa shape index (κ1) is 63.6. The first-order valence-electron chi connectivity index (χ1n) is 27.7. The van der Waals surface area contributed by atoms with Crippen molar-refractivity contribution in [3.63, 3.8) is 0 Å². The first-order chi connectivity index (χ1) is 28.2. The Bertz CT molecular complexity index is 654. The molecule has 0 saturated carbocycles. The summed E-state index contributed by atoms with van der Waals surface area (Å²) >= 11 is 0. The zero-order valence-corrected chi connectivity index (χ0v) is 46.4. The van der Waals surface area contributed by atoms with Gasteiger partial charge in [-0.05, 0) is 77.0 Å². The Kier molecular flexibility index (Phi) is 54.0. The van der Waals surface area contributed by atoms with Crippen LogP contribution in [0.25, 0.3) is 0 Å². The quantitative estimate of drug-likeness (QED) is 0.0423. The van der Waals surface area contributed by atoms with Gasteiger partial charge in [-0.15, -0.1) is 0 Å². The van der Waals surface area contributed by atoms with Gasteiger partial charge in [0.1, 0.15) is 0 Å². The van der Waals surface area contributed by atoms with Gasteiger partial charge in [0.15, 0.2) is 0 Å². The van der Waals surface area contributed by atoms with E-state index in [9.17, 15) is 0 Å². The molecule has 0 aliphatic rings. The Hall–Kier alpha value is 1.29. The monoisotopic (exact) mass is 876 g/mol. The third-order valence-electron chi connectivity index (χ3n) is 13.5. The van der Waals surface area contributed by atoms with E-state index in [-0.39, 0.29) is 0 Å². The Labute approximate surface area is 376 Å². The second-order valence-corrected chi connectivity index (χ2v) is 33.2. The van der Waals surface area contributed by atoms with E-state index in [1.807, 2.05) is 0 Å². The van der Waals surface area contributed by atoms with Gasteiger partial charge in [0.25, 0.3) is 0 Å². The largest absolute Gasteiger partial charge is 0.0654 e. The highest BCUT2D eigenvalue weighted by atomic mass is 31.2. The van der Waals surface area contributed by atoms with Crippen molar-refractivity contribution in [2.24, 2.45) is 0 Å². The Morgan fingerprint density at radius 1 is 0.172 bits per heavy atom. The Morgan fingerprint density at radius 2 is 0.328 bits per heavy atom. The van der Waals surface area contributed by atoms with Crippen LogP contribution in [-0.2, 0) is 0 Å². The van der Waals surface area contributed by atoms with Crippen LogP contribution in [0.1, 0.15) is 282 Å². The maximum atomic E-state index is 2.62. The van der Waals surface area contributed by atoms with Crippen molar-refractivity contribution in [1.29, 1.82) is 0 Å². The molecule has 58 heavy (non-hydrogen) atoms. The van der Waals surface area contributed by atoms with Crippen molar-refractivity contribution < 1.29 is 0 Å². The van der Waals surface area contributed by atoms with Gasteiger partial charge in [0.2, 0.25) is 0 Å². The first-order valence-corrected chi connectivity index (χ1v) is 35.6. The van der Waals surface area contributed by atoms with Crippen LogP contribution in [0.5, 0.6) is 0 Å². The lowest BCUT2D eigenvalue weighted by atomic mass is 10.1. The van der Waals surface area contributed by atoms with Crippen molar-refractivity contribution in [1.82, 2.24) is 0 Å². The summed E-state index contributed by atoms with van der Waals surface area (Å²) in [6, 6.07) is 0. The molecule has 0 aromatic rings. The highest BCUT2D eigenvalue weighted by molar-refractivity contribution is 7.76. The average molecular weight is 877 g/mol. The molecule has 0 rings (SSSR count). The molecule has 0 N–H and O–H groups in total. The highest BCUT2D eigenvalue weighted by Crippen LogP contribution is 2.62. The summed E-state index contributed by atoms with van der Waals surface area (Å²) in [6.07, 6.45) is 64.1. The standard InChI is InChI=1S/C26H56P.C16H36P.C13H30P/c1-5-9-13-14-15-16-17-18-19-20-21-22-26-27(23-10-6-2,24-11-7-3)25-12-8-4;1-5-9-13-17(14-10-6-2,15-11-7-3)16-12-8-4;1-5-8-11-14(4,12-9-6-2)13-10-7-3/h5-26H2,1-4H3;5-16H2,1-4H3;5-13H2,1-4H3/q3*+1. The molecule has 0 atom stereocenters. The van der Waals surface area contributed by atoms with E-state index < -0.39 is 21.8 Å². The summed E-state index contributed by atoms with van der Waals surface area (Å²) in [5, 5.41) is 0. The third-order valence-corrected chi connectivity index (χ3v) is 27.8. The molecule has 0 unspecified atom stereocenters. The van der Waals surface area contributed by atoms with Crippen molar-refractivity contribution in [3.8, 4) is 0 Å². The Balaban J connectivity index is -0.000000838. The predicted molar refractivity (Wildman–Crippen MR) is 290 cm³/mol. The molecule has 0 fully saturated rings. The van der Waals surface area contributed by atoms with E-state index in [0.29, 0.717) is 0 Å². The lowest BCUT2D eigenvalue weighted by Crippen LogP contribution is -2.13. The fraction of sp³-hybridized carbons (Fsp3) is 1.00. The van der Waals surface area contributed by atoms with Gasteiger partial charge in [-0.2, -0.15) is 0 Å². The summed E-state index contributed by atoms with van der Waals surface area (Å²) in [4.78, 5) is 0. The lowest BCUT2D eigenvalue weighted by Gasteiger charge is -2.28. The van der Waals surface area contributed by atoms with Crippen LogP contribution in [0.3, 0.4) is 0 Å². The van der Waals surface area contributed by atoms with E-state index in [1.165, 1.54) is 199 Å². The van der Waals surface area contributed by atoms with Crippen LogP contribution in [0, 0.1) is 0 Å². The topological polar surface area (TPSA) is 0 Å². The van der Waals surface area contributed by atoms with Crippen molar-refractivity contribution in [3.05, 3.63) is 0 Å². The summed E-state index contributed by atoms with van der Waals surface area (Å²) < 4.78 is 0. The number of rotatable bonds is 43. The zero-order chi connectivity index (χ0) is 43.9. The summed E-state index contributed by atoms with van der Waals surface area (Å²) in [7, 11) is -1.71. The van der Waals surface area contributed by atoms with Gasteiger partial charge in [-0.3, -0.25) is 0 Å². The van der Waals surface area contributed by atoms with Gasteiger partial charge in [0.05, 0.1) is 67.8 Å². The van der Waals surface area contributed by atoms with E-state index in [0.717, 1.165) is 0 Å². The van der Waals surface area contributed by atoms with Crippen LogP contribution in [0.15, 0.2) is 0 Å². The van der Waals surface area contributed by atoms with Gasteiger partial charge in [0, 0.05) is 28.5 Å². The predicted octanol–water partition coefficient (Wildman–Crippen LogP) is 21.3. The number of hydrogen-bond donors (Lipinski definition) is 0. The Morgan fingerprint density at radius 3 is 0.534 bits per heavy atom. The average Bonchev–Trinajstić information content (AvgIpc) is 3.25. The number of hydrogen-bond acceptors (Lipinski definition) is 0. The minimum absolute atomic E-state index is 0.519. The third kappa shape index (κ3) is 41.3. The molecule has 0 heterocycles. The maximum Gasteiger partial charge on any atom is 0.0594 e. The second kappa shape index (κ2) is 49.3. The van der Waals surface area contributed by atoms with Crippen LogP contribution >= 0.6 is 21.8 Å². The molecule has 0 aliphatic heterocycles. The van der Waals surface area contributed by atoms with Crippen molar-refractivity contribution >= 4 is 21.8 Å². The molecule has 0 bridgehead atoms. The molecule has 0 aromatic carbocycles. The van der Waals surface area contributed by atoms with Crippen LogP contribution in [0.4, 0.5) is 0 Å². The van der Waals surface area contributed by atoms with Gasteiger partial charge < -0.3 is 0 Å². The summed E-state index contributed by atoms with van der Waals surface area (Å²) in [5.74, 6) is 0. The molecule has 0 aromatic heterocycles. The normalized spacial score (nSPS) is 12.0. The molecule has 0 amide bonds. The molecular weight excluding hydrogens is 754 g/mol. The van der Waals surface area contributed by atoms with E-state index in [2.05, 4.69) is 82.8 Å². The van der Waals surface area contributed by atoms with E-state index in [4.69, 9.17) is 0 Å².